The Morgan fingerprint density at radius 2 is 2.60 bits per heavy atom. The van der Waals surface area contributed by atoms with Crippen LogP contribution in [0.3, 0.4) is 0 Å². The Morgan fingerprint density at radius 1 is 2.00 bits per heavy atom. The van der Waals surface area contributed by atoms with Gasteiger partial charge < -0.3 is 0 Å². The van der Waals surface area contributed by atoms with Gasteiger partial charge in [-0.1, -0.05) is 0 Å². The summed E-state index contributed by atoms with van der Waals surface area (Å²) in [6.45, 7) is 2.03. The molecule has 0 radical (unpaired) electrons. The van der Waals surface area contributed by atoms with Crippen molar-refractivity contribution >= 4 is 15.2 Å². The molecule has 0 aromatic carbocycles. The Labute approximate surface area is 37.4 Å². The molecule has 0 rings (SSSR count). The first-order valence-electron chi connectivity index (χ1n) is 1.57. The van der Waals surface area contributed by atoms with Crippen LogP contribution < -0.4 is 0 Å². The van der Waals surface area contributed by atoms with Crippen molar-refractivity contribution < 1.29 is 5.21 Å². The summed E-state index contributed by atoms with van der Waals surface area (Å²) >= 11 is -0.507. The van der Waals surface area contributed by atoms with Crippen LogP contribution in [0.1, 0.15) is 6.92 Å². The Kier molecular flexibility index (Phi) is 4.26. The summed E-state index contributed by atoms with van der Waals surface area (Å²) in [6, 6.07) is 0. The Bertz CT molecular complexity index is 36.6. The van der Waals surface area contributed by atoms with Crippen LogP contribution in [-0.2, 0) is 0 Å². The van der Waals surface area contributed by atoms with Gasteiger partial charge in [0, 0.05) is 0 Å². The van der Waals surface area contributed by atoms with Gasteiger partial charge in [0.05, 0.1) is 0 Å². The van der Waals surface area contributed by atoms with Crippen LogP contribution in [-0.4, -0.2) is 20.4 Å². The molecule has 0 fully saturated rings. The maximum atomic E-state index is 7.76. The van der Waals surface area contributed by atoms with Crippen LogP contribution >= 0.6 is 0 Å². The molecule has 2 nitrogen and oxygen atoms in total. The molecule has 0 amide bonds. The fourth-order valence-corrected chi connectivity index (χ4v) is 0.424. The van der Waals surface area contributed by atoms with Crippen LogP contribution in [0, 0.1) is 0 Å². The van der Waals surface area contributed by atoms with Gasteiger partial charge in [-0.15, -0.1) is 0 Å². The molecule has 0 aliphatic rings. The van der Waals surface area contributed by atoms with Gasteiger partial charge in [0.15, 0.2) is 0 Å². The molecule has 0 aliphatic carbocycles. The summed E-state index contributed by atoms with van der Waals surface area (Å²) in [5.74, 6) is 0. The molecule has 0 saturated heterocycles. The van der Waals surface area contributed by atoms with E-state index in [1.807, 2.05) is 6.92 Å². The molecule has 30 valence electrons. The standard InChI is InChI=1S/C2H7GeNO/c1-2-3-4-5/h3,5H,2H2,1H3/b4-3+. The molecule has 0 unspecified atom stereocenters. The van der Waals surface area contributed by atoms with E-state index in [0.29, 0.717) is 0 Å². The van der Waals surface area contributed by atoms with Gasteiger partial charge in [0.2, 0.25) is 0 Å². The van der Waals surface area contributed by atoms with E-state index in [1.165, 1.54) is 0 Å². The molecule has 0 atom stereocenters. The predicted octanol–water partition coefficient (Wildman–Crippen LogP) is 0.434. The first-order chi connectivity index (χ1) is 2.41. The number of nitrogens with zero attached hydrogens (tertiary/aromatic N) is 1. The molecule has 0 bridgehead atoms. The van der Waals surface area contributed by atoms with E-state index < -0.39 is 15.2 Å². The fraction of sp³-hybridized carbons (Fsp3) is 1.00. The summed E-state index contributed by atoms with van der Waals surface area (Å²) in [4.78, 5) is 0. The van der Waals surface area contributed by atoms with Crippen LogP contribution in [0.2, 0.25) is 5.25 Å². The molecule has 0 aliphatic heterocycles. The van der Waals surface area contributed by atoms with E-state index in [1.54, 1.807) is 0 Å². The van der Waals surface area contributed by atoms with E-state index in [0.717, 1.165) is 5.25 Å². The molecule has 5 heavy (non-hydrogen) atoms. The van der Waals surface area contributed by atoms with Crippen molar-refractivity contribution in [3.63, 3.8) is 0 Å². The minimum atomic E-state index is -0.507. The van der Waals surface area contributed by atoms with E-state index in [9.17, 15) is 0 Å². The van der Waals surface area contributed by atoms with Crippen molar-refractivity contribution in [1.29, 1.82) is 0 Å². The molecule has 1 N–H and O–H groups in total. The molecule has 0 saturated carbocycles. The minimum absolute atomic E-state index is 0.507. The van der Waals surface area contributed by atoms with Gasteiger partial charge >= 0.3 is 36.7 Å². The number of rotatable bonds is 1. The zero-order valence-electron chi connectivity index (χ0n) is 3.18. The second kappa shape index (κ2) is 4.14. The number of hydrogen-bond acceptors (Lipinski definition) is 2. The maximum absolute atomic E-state index is 7.76. The van der Waals surface area contributed by atoms with Gasteiger partial charge in [0.25, 0.3) is 0 Å². The molecule has 3 heteroatoms. The predicted molar refractivity (Wildman–Crippen MR) is 21.8 cm³/mol. The molecular weight excluding hydrogens is 127 g/mol. The molecule has 0 aromatic rings. The van der Waals surface area contributed by atoms with Crippen LogP contribution in [0.4, 0.5) is 0 Å². The van der Waals surface area contributed by atoms with Crippen molar-refractivity contribution in [3.8, 4) is 0 Å². The van der Waals surface area contributed by atoms with Gasteiger partial charge in [-0.25, -0.2) is 0 Å². The van der Waals surface area contributed by atoms with Crippen molar-refractivity contribution in [2.45, 2.75) is 12.2 Å². The topological polar surface area (TPSA) is 32.6 Å². The van der Waals surface area contributed by atoms with E-state index in [-0.39, 0.29) is 0 Å². The monoisotopic (exact) mass is 135 g/mol. The molecular formula is C2H7GeNO. The molecule has 0 spiro atoms. The SMILES string of the molecule is C[CH2]/[GeH]=[N]/O. The van der Waals surface area contributed by atoms with Crippen LogP contribution in [0.5, 0.6) is 0 Å². The zero-order valence-corrected chi connectivity index (χ0v) is 5.60. The van der Waals surface area contributed by atoms with Gasteiger partial charge in [-0.3, -0.25) is 0 Å². The van der Waals surface area contributed by atoms with Crippen LogP contribution in [0.15, 0.2) is 4.06 Å². The average molecular weight is 134 g/mol. The Balaban J connectivity index is 2.62. The summed E-state index contributed by atoms with van der Waals surface area (Å²) in [6.07, 6.45) is 0. The summed E-state index contributed by atoms with van der Waals surface area (Å²) in [5.41, 5.74) is 0. The van der Waals surface area contributed by atoms with Crippen LogP contribution in [0.25, 0.3) is 0 Å². The Hall–Kier alpha value is 0.143. The van der Waals surface area contributed by atoms with E-state index in [4.69, 9.17) is 5.21 Å². The third-order valence-corrected chi connectivity index (χ3v) is 1.37. The average Bonchev–Trinajstić information content (AvgIpc) is 1.41. The normalized spacial score (nSPS) is 9.80. The zero-order chi connectivity index (χ0) is 4.12. The van der Waals surface area contributed by atoms with Crippen molar-refractivity contribution in [3.05, 3.63) is 0 Å². The van der Waals surface area contributed by atoms with Crippen molar-refractivity contribution in [1.82, 2.24) is 0 Å². The second-order valence-electron chi connectivity index (χ2n) is 0.706. The summed E-state index contributed by atoms with van der Waals surface area (Å²) < 4.78 is 3.01. The third-order valence-electron chi connectivity index (χ3n) is 0.264. The second-order valence-corrected chi connectivity index (χ2v) is 3.67. The van der Waals surface area contributed by atoms with Gasteiger partial charge in [0.1, 0.15) is 0 Å². The summed E-state index contributed by atoms with van der Waals surface area (Å²) in [7, 11) is 0. The van der Waals surface area contributed by atoms with Gasteiger partial charge in [-0.2, -0.15) is 0 Å². The first-order valence-corrected chi connectivity index (χ1v) is 4.37. The van der Waals surface area contributed by atoms with Crippen molar-refractivity contribution in [2.24, 2.45) is 4.06 Å². The summed E-state index contributed by atoms with van der Waals surface area (Å²) in [5, 5.41) is 8.84. The molecule has 0 aromatic heterocycles. The quantitative estimate of drug-likeness (QED) is 0.409. The molecule has 0 heterocycles. The first kappa shape index (κ1) is 5.14. The number of hydrogen-bond donors (Lipinski definition) is 1. The fourth-order valence-electron chi connectivity index (χ4n) is 0.0816. The third kappa shape index (κ3) is 4.14. The van der Waals surface area contributed by atoms with E-state index in [2.05, 4.69) is 4.06 Å². The van der Waals surface area contributed by atoms with Crippen molar-refractivity contribution in [2.75, 3.05) is 0 Å². The van der Waals surface area contributed by atoms with Gasteiger partial charge in [-0.05, 0) is 0 Å². The van der Waals surface area contributed by atoms with E-state index >= 15 is 0 Å². The Morgan fingerprint density at radius 3 is 2.60 bits per heavy atom.